The average Bonchev–Trinajstić information content (AvgIpc) is 3.87. The quantitative estimate of drug-likeness (QED) is 0.160. The zero-order valence-electron chi connectivity index (χ0n) is 35.6. The van der Waals surface area contributed by atoms with Gasteiger partial charge in [0.25, 0.3) is 0 Å². The van der Waals surface area contributed by atoms with Crippen LogP contribution in [0.1, 0.15) is 4.11 Å². The molecule has 0 unspecified atom stereocenters. The molecule has 0 spiro atoms. The molecule has 0 fully saturated rings. The standard InChI is InChI=1S/C58H38N2/c1-3-12-39(13-4-1)42-24-29-49(30-25-42)59-56-32-27-47(37-54(56)52-31-26-48(38-58(52)59)45-23-22-41-16-7-8-17-43(41)34-45)46-28-33-57-53(36-46)51-20-9-10-21-55(51)60(57)50-19-11-18-44(35-50)40-14-5-2-6-15-40/h1-38H/i28D,33D,36D. The highest BCUT2D eigenvalue weighted by Crippen LogP contribution is 2.40. The summed E-state index contributed by atoms with van der Waals surface area (Å²) in [4.78, 5) is 0. The van der Waals surface area contributed by atoms with Gasteiger partial charge in [0.2, 0.25) is 0 Å². The van der Waals surface area contributed by atoms with E-state index in [4.69, 9.17) is 0 Å². The lowest BCUT2D eigenvalue weighted by Gasteiger charge is -2.11. The van der Waals surface area contributed by atoms with E-state index in [0.717, 1.165) is 77.5 Å². The Morgan fingerprint density at radius 1 is 0.267 bits per heavy atom. The molecule has 12 rings (SSSR count). The molecule has 0 atom stereocenters. The fourth-order valence-electron chi connectivity index (χ4n) is 9.07. The summed E-state index contributed by atoms with van der Waals surface area (Å²) in [5.41, 5.74) is 13.4. The molecule has 0 aliphatic carbocycles. The lowest BCUT2D eigenvalue weighted by atomic mass is 9.98. The van der Waals surface area contributed by atoms with Crippen molar-refractivity contribution in [1.29, 1.82) is 0 Å². The zero-order valence-corrected chi connectivity index (χ0v) is 32.6. The summed E-state index contributed by atoms with van der Waals surface area (Å²) in [6.07, 6.45) is 0. The van der Waals surface area contributed by atoms with Crippen molar-refractivity contribution in [3.05, 3.63) is 230 Å². The van der Waals surface area contributed by atoms with Crippen LogP contribution in [0, 0.1) is 0 Å². The Labute approximate surface area is 352 Å². The van der Waals surface area contributed by atoms with E-state index in [1.54, 1.807) is 0 Å². The van der Waals surface area contributed by atoms with E-state index < -0.39 is 0 Å². The van der Waals surface area contributed by atoms with Crippen LogP contribution in [-0.4, -0.2) is 9.13 Å². The van der Waals surface area contributed by atoms with E-state index >= 15 is 0 Å². The molecule has 0 bridgehead atoms. The maximum absolute atomic E-state index is 9.91. The van der Waals surface area contributed by atoms with Gasteiger partial charge in [-0.1, -0.05) is 164 Å². The van der Waals surface area contributed by atoms with Crippen molar-refractivity contribution in [2.75, 3.05) is 0 Å². The topological polar surface area (TPSA) is 9.86 Å². The Hall–Kier alpha value is -7.94. The third kappa shape index (κ3) is 5.65. The van der Waals surface area contributed by atoms with Crippen molar-refractivity contribution < 1.29 is 4.11 Å². The number of fused-ring (bicyclic) bond motifs is 7. The van der Waals surface area contributed by atoms with Gasteiger partial charge in [0, 0.05) is 32.9 Å². The van der Waals surface area contributed by atoms with Gasteiger partial charge in [0.05, 0.1) is 26.2 Å². The Kier molecular flexibility index (Phi) is 7.19. The van der Waals surface area contributed by atoms with Crippen molar-refractivity contribution in [2.24, 2.45) is 0 Å². The molecule has 2 heterocycles. The summed E-state index contributed by atoms with van der Waals surface area (Å²) in [7, 11) is 0. The van der Waals surface area contributed by atoms with Crippen LogP contribution in [0.3, 0.4) is 0 Å². The minimum absolute atomic E-state index is 0.0361. The van der Waals surface area contributed by atoms with Gasteiger partial charge in [-0.2, -0.15) is 0 Å². The number of rotatable bonds is 6. The highest BCUT2D eigenvalue weighted by Gasteiger charge is 2.17. The van der Waals surface area contributed by atoms with Crippen molar-refractivity contribution >= 4 is 54.4 Å². The van der Waals surface area contributed by atoms with Gasteiger partial charge in [-0.25, -0.2) is 0 Å². The van der Waals surface area contributed by atoms with Crippen molar-refractivity contribution in [2.45, 2.75) is 0 Å². The van der Waals surface area contributed by atoms with Crippen molar-refractivity contribution in [3.8, 4) is 55.9 Å². The monoisotopic (exact) mass is 765 g/mol. The van der Waals surface area contributed by atoms with Gasteiger partial charge in [-0.15, -0.1) is 0 Å². The van der Waals surface area contributed by atoms with E-state index in [2.05, 4.69) is 155 Å². The summed E-state index contributed by atoms with van der Waals surface area (Å²) < 4.78 is 33.6. The molecule has 0 aliphatic rings. The predicted octanol–water partition coefficient (Wildman–Crippen LogP) is 15.7. The molecule has 2 aromatic heterocycles. The number of nitrogens with zero attached hydrogens (tertiary/aromatic N) is 2. The SMILES string of the molecule is [2H]c1c(-c2ccc3c(c2)c2ccc(-c4ccc5ccccc5c4)cc2n3-c2ccc(-c3ccccc3)cc2)c([2H])c2c3ccccc3n(-c3cccc(-c4ccccc4)c3)c2c1[2H]. The number of benzene rings is 10. The first-order valence-corrected chi connectivity index (χ1v) is 20.4. The molecular weight excluding hydrogens is 725 g/mol. The summed E-state index contributed by atoms with van der Waals surface area (Å²) in [5, 5.41) is 6.06. The van der Waals surface area contributed by atoms with Gasteiger partial charge in [0.1, 0.15) is 0 Å². The van der Waals surface area contributed by atoms with Crippen LogP contribution in [0.15, 0.2) is 230 Å². The van der Waals surface area contributed by atoms with E-state index in [0.29, 0.717) is 16.5 Å². The molecule has 0 aliphatic heterocycles. The van der Waals surface area contributed by atoms with Crippen LogP contribution in [0.2, 0.25) is 0 Å². The summed E-state index contributed by atoms with van der Waals surface area (Å²) >= 11 is 0. The van der Waals surface area contributed by atoms with E-state index in [9.17, 15) is 4.11 Å². The Bertz CT molecular complexity index is 3750. The summed E-state index contributed by atoms with van der Waals surface area (Å²) in [6, 6.07) is 74.3. The predicted molar refractivity (Wildman–Crippen MR) is 254 cm³/mol. The number of para-hydroxylation sites is 1. The highest BCUT2D eigenvalue weighted by molar-refractivity contribution is 6.13. The second-order valence-electron chi connectivity index (χ2n) is 15.5. The van der Waals surface area contributed by atoms with Crippen molar-refractivity contribution in [3.63, 3.8) is 0 Å². The minimum Gasteiger partial charge on any atom is -0.309 e. The minimum atomic E-state index is 0.0361. The van der Waals surface area contributed by atoms with Gasteiger partial charge < -0.3 is 9.13 Å². The summed E-state index contributed by atoms with van der Waals surface area (Å²) in [5.74, 6) is 0. The Morgan fingerprint density at radius 3 is 1.67 bits per heavy atom. The van der Waals surface area contributed by atoms with Crippen LogP contribution in [-0.2, 0) is 0 Å². The third-order valence-electron chi connectivity index (χ3n) is 12.0. The van der Waals surface area contributed by atoms with Gasteiger partial charge >= 0.3 is 0 Å². The maximum atomic E-state index is 9.91. The highest BCUT2D eigenvalue weighted by atomic mass is 15.0. The van der Waals surface area contributed by atoms with Crippen molar-refractivity contribution in [1.82, 2.24) is 9.13 Å². The zero-order chi connectivity index (χ0) is 42.2. The van der Waals surface area contributed by atoms with Gasteiger partial charge in [-0.05, 0) is 122 Å². The number of hydrogen-bond donors (Lipinski definition) is 0. The van der Waals surface area contributed by atoms with Gasteiger partial charge in [-0.3, -0.25) is 0 Å². The lowest BCUT2D eigenvalue weighted by molar-refractivity contribution is 1.18. The third-order valence-corrected chi connectivity index (χ3v) is 12.0. The Balaban J connectivity index is 1.06. The molecule has 0 N–H and O–H groups in total. The van der Waals surface area contributed by atoms with E-state index in [1.165, 1.54) is 16.3 Å². The van der Waals surface area contributed by atoms with E-state index in [-0.39, 0.29) is 18.1 Å². The molecule has 0 amide bonds. The first kappa shape index (κ1) is 31.1. The number of aromatic nitrogens is 2. The van der Waals surface area contributed by atoms with Gasteiger partial charge in [0.15, 0.2) is 0 Å². The van der Waals surface area contributed by atoms with Crippen LogP contribution in [0.5, 0.6) is 0 Å². The smallest absolute Gasteiger partial charge is 0.0645 e. The summed E-state index contributed by atoms with van der Waals surface area (Å²) in [6.45, 7) is 0. The molecule has 0 saturated carbocycles. The maximum Gasteiger partial charge on any atom is 0.0645 e. The van der Waals surface area contributed by atoms with Crippen LogP contribution in [0.4, 0.5) is 0 Å². The molecule has 12 aromatic rings. The van der Waals surface area contributed by atoms with E-state index in [1.807, 2.05) is 66.7 Å². The van der Waals surface area contributed by atoms with Crippen LogP contribution >= 0.6 is 0 Å². The fourth-order valence-corrected chi connectivity index (χ4v) is 9.07. The molecule has 0 radical (unpaired) electrons. The molecule has 2 heteroatoms. The Morgan fingerprint density at radius 2 is 0.833 bits per heavy atom. The first-order valence-electron chi connectivity index (χ1n) is 21.9. The second kappa shape index (κ2) is 13.9. The first-order chi connectivity index (χ1) is 31.0. The molecule has 60 heavy (non-hydrogen) atoms. The fraction of sp³-hybridized carbons (Fsp3) is 0. The lowest BCUT2D eigenvalue weighted by Crippen LogP contribution is -1.94. The molecular formula is C58H38N2. The molecule has 10 aromatic carbocycles. The largest absolute Gasteiger partial charge is 0.309 e. The normalized spacial score (nSPS) is 12.4. The van der Waals surface area contributed by atoms with Crippen LogP contribution in [0.25, 0.3) is 110 Å². The molecule has 280 valence electrons. The number of hydrogen-bond acceptors (Lipinski definition) is 0. The second-order valence-corrected chi connectivity index (χ2v) is 15.5. The van der Waals surface area contributed by atoms with Crippen LogP contribution < -0.4 is 0 Å². The molecule has 2 nitrogen and oxygen atoms in total. The average molecular weight is 766 g/mol. The molecule has 0 saturated heterocycles.